The van der Waals surface area contributed by atoms with Crippen LogP contribution in [-0.2, 0) is 0 Å². The Bertz CT molecular complexity index is 1490. The van der Waals surface area contributed by atoms with Crippen molar-refractivity contribution in [3.05, 3.63) is 65.9 Å². The van der Waals surface area contributed by atoms with Crippen molar-refractivity contribution in [1.82, 2.24) is 24.9 Å². The minimum Gasteiger partial charge on any atom is -0.383 e. The second-order valence-electron chi connectivity index (χ2n) is 8.09. The van der Waals surface area contributed by atoms with E-state index >= 15 is 0 Å². The molecule has 0 aliphatic rings. The molecule has 0 bridgehead atoms. The molecule has 0 saturated carbocycles. The molecule has 0 radical (unpaired) electrons. The topological polar surface area (TPSA) is 114 Å². The van der Waals surface area contributed by atoms with Gasteiger partial charge in [0.1, 0.15) is 16.9 Å². The lowest BCUT2D eigenvalue weighted by Crippen LogP contribution is -2.28. The Morgan fingerprint density at radius 2 is 1.88 bits per heavy atom. The molecular weight excluding hydrogens is 402 g/mol. The number of amides is 1. The molecule has 8 heteroatoms. The molecule has 0 aliphatic carbocycles. The van der Waals surface area contributed by atoms with E-state index in [1.165, 1.54) is 4.68 Å². The lowest BCUT2D eigenvalue weighted by Gasteiger charge is -2.07. The third-order valence-electron chi connectivity index (χ3n) is 5.31. The summed E-state index contributed by atoms with van der Waals surface area (Å²) in [4.78, 5) is 25.7. The van der Waals surface area contributed by atoms with Crippen LogP contribution in [0, 0.1) is 5.92 Å². The number of nitrogens with one attached hydrogen (secondary N) is 2. The molecule has 4 N–H and O–H groups in total. The molecule has 8 nitrogen and oxygen atoms in total. The van der Waals surface area contributed by atoms with Crippen LogP contribution in [0.4, 0.5) is 5.82 Å². The Morgan fingerprint density at radius 3 is 2.66 bits per heavy atom. The number of nitrogen functional groups attached to an aromatic ring is 1. The standard InChI is InChI=1S/C24H23N7O/c1-14(2)11-27-24(32)20-21-23(30-19-10-6-5-9-18(19)29-21)31(22(20)25)28-13-15-12-26-17-8-4-3-7-16(15)17/h3-10,12-14,26H,11,25H2,1-2H3,(H,27,32)/b28-13+. The molecule has 0 unspecified atom stereocenters. The van der Waals surface area contributed by atoms with Crippen LogP contribution in [0.25, 0.3) is 33.1 Å². The van der Waals surface area contributed by atoms with E-state index in [1.54, 1.807) is 6.21 Å². The van der Waals surface area contributed by atoms with Gasteiger partial charge in [-0.15, -0.1) is 0 Å². The lowest BCUT2D eigenvalue weighted by atomic mass is 10.2. The van der Waals surface area contributed by atoms with Crippen molar-refractivity contribution in [1.29, 1.82) is 0 Å². The van der Waals surface area contributed by atoms with Gasteiger partial charge in [0.05, 0.1) is 17.2 Å². The summed E-state index contributed by atoms with van der Waals surface area (Å²) in [6.07, 6.45) is 3.59. The Hall–Kier alpha value is -4.20. The average Bonchev–Trinajstić information content (AvgIpc) is 3.32. The number of nitrogens with zero attached hydrogens (tertiary/aromatic N) is 4. The van der Waals surface area contributed by atoms with E-state index in [1.807, 2.05) is 68.6 Å². The first-order chi connectivity index (χ1) is 15.5. The predicted molar refractivity (Wildman–Crippen MR) is 128 cm³/mol. The van der Waals surface area contributed by atoms with Crippen LogP contribution in [0.5, 0.6) is 0 Å². The fourth-order valence-electron chi connectivity index (χ4n) is 3.69. The monoisotopic (exact) mass is 425 g/mol. The summed E-state index contributed by atoms with van der Waals surface area (Å²) >= 11 is 0. The minimum atomic E-state index is -0.285. The SMILES string of the molecule is CC(C)CNC(=O)c1c(N)n(/N=C/c2c[nH]c3ccccc23)c2nc3ccccc3nc12. The average molecular weight is 425 g/mol. The quantitative estimate of drug-likeness (QED) is 0.370. The van der Waals surface area contributed by atoms with E-state index in [4.69, 9.17) is 15.7 Å². The van der Waals surface area contributed by atoms with Crippen LogP contribution >= 0.6 is 0 Å². The van der Waals surface area contributed by atoms with Gasteiger partial charge in [-0.25, -0.2) is 9.97 Å². The van der Waals surface area contributed by atoms with Gasteiger partial charge in [-0.1, -0.05) is 44.2 Å². The van der Waals surface area contributed by atoms with E-state index in [0.717, 1.165) is 16.5 Å². The summed E-state index contributed by atoms with van der Waals surface area (Å²) in [7, 11) is 0. The third-order valence-corrected chi connectivity index (χ3v) is 5.31. The molecule has 3 heterocycles. The fourth-order valence-corrected chi connectivity index (χ4v) is 3.69. The molecular formula is C24H23N7O. The Morgan fingerprint density at radius 1 is 1.16 bits per heavy atom. The number of carbonyl (C=O) groups excluding carboxylic acids is 1. The van der Waals surface area contributed by atoms with Crippen molar-refractivity contribution >= 4 is 51.0 Å². The number of anilines is 1. The summed E-state index contributed by atoms with van der Waals surface area (Å²) in [5.74, 6) is 0.222. The van der Waals surface area contributed by atoms with Crippen LogP contribution in [0.15, 0.2) is 59.8 Å². The molecule has 160 valence electrons. The zero-order valence-corrected chi connectivity index (χ0v) is 17.8. The normalized spacial score (nSPS) is 12.0. The number of para-hydroxylation sites is 3. The second-order valence-corrected chi connectivity index (χ2v) is 8.09. The van der Waals surface area contributed by atoms with Crippen molar-refractivity contribution in [3.8, 4) is 0 Å². The molecule has 5 rings (SSSR count). The molecule has 5 aromatic rings. The zero-order valence-electron chi connectivity index (χ0n) is 17.8. The van der Waals surface area contributed by atoms with Crippen LogP contribution < -0.4 is 11.1 Å². The van der Waals surface area contributed by atoms with Crippen molar-refractivity contribution in [2.24, 2.45) is 11.0 Å². The van der Waals surface area contributed by atoms with Crippen molar-refractivity contribution in [3.63, 3.8) is 0 Å². The highest BCUT2D eigenvalue weighted by Gasteiger charge is 2.24. The van der Waals surface area contributed by atoms with Gasteiger partial charge >= 0.3 is 0 Å². The number of aromatic amines is 1. The summed E-state index contributed by atoms with van der Waals surface area (Å²) in [5, 5.41) is 8.57. The van der Waals surface area contributed by atoms with Crippen LogP contribution in [0.3, 0.4) is 0 Å². The van der Waals surface area contributed by atoms with Gasteiger partial charge in [0.2, 0.25) is 0 Å². The smallest absolute Gasteiger partial charge is 0.257 e. The third kappa shape index (κ3) is 3.35. The van der Waals surface area contributed by atoms with Crippen LogP contribution in [0.1, 0.15) is 29.8 Å². The molecule has 0 fully saturated rings. The number of rotatable bonds is 5. The number of benzene rings is 2. The van der Waals surface area contributed by atoms with Gasteiger partial charge < -0.3 is 16.0 Å². The number of hydrogen-bond acceptors (Lipinski definition) is 5. The first-order valence-electron chi connectivity index (χ1n) is 10.5. The summed E-state index contributed by atoms with van der Waals surface area (Å²) in [5.41, 5.74) is 10.9. The molecule has 0 atom stereocenters. The van der Waals surface area contributed by atoms with Crippen LogP contribution in [0.2, 0.25) is 0 Å². The largest absolute Gasteiger partial charge is 0.383 e. The van der Waals surface area contributed by atoms with Gasteiger partial charge in [0.25, 0.3) is 5.91 Å². The number of carbonyl (C=O) groups is 1. The van der Waals surface area contributed by atoms with Crippen molar-refractivity contribution in [2.45, 2.75) is 13.8 Å². The van der Waals surface area contributed by atoms with E-state index in [2.05, 4.69) is 15.4 Å². The molecule has 0 aliphatic heterocycles. The number of nitrogens with two attached hydrogens (primary N) is 1. The molecule has 0 spiro atoms. The second kappa shape index (κ2) is 7.81. The van der Waals surface area contributed by atoms with E-state index < -0.39 is 0 Å². The number of fused-ring (bicyclic) bond motifs is 3. The molecule has 1 amide bonds. The Labute approximate surface area is 184 Å². The number of hydrogen-bond donors (Lipinski definition) is 3. The van der Waals surface area contributed by atoms with Gasteiger partial charge in [-0.2, -0.15) is 9.78 Å². The van der Waals surface area contributed by atoms with Crippen LogP contribution in [-0.4, -0.2) is 38.3 Å². The summed E-state index contributed by atoms with van der Waals surface area (Å²) in [6, 6.07) is 15.5. The van der Waals surface area contributed by atoms with Gasteiger partial charge in [0, 0.05) is 29.2 Å². The van der Waals surface area contributed by atoms with Gasteiger partial charge in [-0.05, 0) is 24.1 Å². The fraction of sp³-hybridized carbons (Fsp3) is 0.167. The van der Waals surface area contributed by atoms with E-state index in [-0.39, 0.29) is 17.3 Å². The van der Waals surface area contributed by atoms with Gasteiger partial charge in [-0.3, -0.25) is 4.79 Å². The van der Waals surface area contributed by atoms with E-state index in [0.29, 0.717) is 34.7 Å². The number of H-pyrrole nitrogens is 1. The molecule has 32 heavy (non-hydrogen) atoms. The zero-order chi connectivity index (χ0) is 22.2. The predicted octanol–water partition coefficient (Wildman–Crippen LogP) is 3.92. The Kier molecular flexibility index (Phi) is 4.82. The maximum Gasteiger partial charge on any atom is 0.257 e. The summed E-state index contributed by atoms with van der Waals surface area (Å²) < 4.78 is 1.49. The number of aromatic nitrogens is 4. The minimum absolute atomic E-state index is 0.202. The van der Waals surface area contributed by atoms with Crippen molar-refractivity contribution in [2.75, 3.05) is 12.3 Å². The molecule has 2 aromatic carbocycles. The maximum atomic E-state index is 13.0. The molecule has 0 saturated heterocycles. The van der Waals surface area contributed by atoms with Gasteiger partial charge in [0.15, 0.2) is 5.65 Å². The first kappa shape index (κ1) is 19.7. The first-order valence-corrected chi connectivity index (χ1v) is 10.5. The Balaban J connectivity index is 1.68. The molecule has 3 aromatic heterocycles. The highest BCUT2D eigenvalue weighted by atomic mass is 16.1. The highest BCUT2D eigenvalue weighted by molar-refractivity contribution is 6.11. The lowest BCUT2D eigenvalue weighted by molar-refractivity contribution is 0.0951. The highest BCUT2D eigenvalue weighted by Crippen LogP contribution is 2.28. The van der Waals surface area contributed by atoms with E-state index in [9.17, 15) is 4.79 Å². The summed E-state index contributed by atoms with van der Waals surface area (Å²) in [6.45, 7) is 4.60. The van der Waals surface area contributed by atoms with Crippen molar-refractivity contribution < 1.29 is 4.79 Å². The maximum absolute atomic E-state index is 13.0.